The normalized spacial score (nSPS) is 16.1. The van der Waals surface area contributed by atoms with E-state index in [1.807, 2.05) is 35.9 Å². The number of aromatic nitrogens is 3. The Balaban J connectivity index is 1.95. The number of ether oxygens (including phenoxy) is 1. The SMILES string of the molecule is CCSc1nc2n(n1)[C@@H](C(C)C)C(C(=O)Nc1ccccc1OC)=C(C)N2. The second-order valence-corrected chi connectivity index (χ2v) is 7.83. The summed E-state index contributed by atoms with van der Waals surface area (Å²) >= 11 is 1.58. The molecular weight excluding hydrogens is 362 g/mol. The number of carbonyl (C=O) groups is 1. The van der Waals surface area contributed by atoms with E-state index in [1.165, 1.54) is 0 Å². The average molecular weight is 388 g/mol. The lowest BCUT2D eigenvalue weighted by Crippen LogP contribution is -2.33. The number of fused-ring (bicyclic) bond motifs is 1. The molecule has 0 fully saturated rings. The summed E-state index contributed by atoms with van der Waals surface area (Å²) in [7, 11) is 1.59. The van der Waals surface area contributed by atoms with Crippen LogP contribution in [0.3, 0.4) is 0 Å². The Hall–Kier alpha value is -2.48. The van der Waals surface area contributed by atoms with Gasteiger partial charge in [-0.15, -0.1) is 5.10 Å². The number of rotatable bonds is 6. The van der Waals surface area contributed by atoms with Gasteiger partial charge in [-0.05, 0) is 30.7 Å². The number of nitrogens with one attached hydrogen (secondary N) is 2. The lowest BCUT2D eigenvalue weighted by atomic mass is 9.92. The van der Waals surface area contributed by atoms with Crippen molar-refractivity contribution in [1.82, 2.24) is 14.8 Å². The summed E-state index contributed by atoms with van der Waals surface area (Å²) in [6.45, 7) is 8.13. The molecule has 0 aliphatic carbocycles. The van der Waals surface area contributed by atoms with E-state index < -0.39 is 0 Å². The van der Waals surface area contributed by atoms with Crippen LogP contribution in [0.2, 0.25) is 0 Å². The molecule has 8 heteroatoms. The number of nitrogens with zero attached hydrogens (tertiary/aromatic N) is 3. The quantitative estimate of drug-likeness (QED) is 0.731. The first kappa shape index (κ1) is 19.3. The number of allylic oxidation sites excluding steroid dienone is 1. The molecule has 0 saturated heterocycles. The molecule has 1 aromatic carbocycles. The zero-order chi connectivity index (χ0) is 19.6. The number of para-hydroxylation sites is 2. The lowest BCUT2D eigenvalue weighted by molar-refractivity contribution is -0.113. The average Bonchev–Trinajstić information content (AvgIpc) is 3.02. The fourth-order valence-electron chi connectivity index (χ4n) is 3.21. The van der Waals surface area contributed by atoms with Gasteiger partial charge in [0.2, 0.25) is 11.1 Å². The smallest absolute Gasteiger partial charge is 0.255 e. The van der Waals surface area contributed by atoms with E-state index >= 15 is 0 Å². The number of hydrogen-bond donors (Lipinski definition) is 2. The Morgan fingerprint density at radius 1 is 1.41 bits per heavy atom. The van der Waals surface area contributed by atoms with E-state index in [2.05, 4.69) is 41.5 Å². The molecule has 27 heavy (non-hydrogen) atoms. The maximum Gasteiger partial charge on any atom is 0.255 e. The van der Waals surface area contributed by atoms with Gasteiger partial charge in [-0.3, -0.25) is 4.79 Å². The van der Waals surface area contributed by atoms with Crippen molar-refractivity contribution in [2.45, 2.75) is 38.9 Å². The van der Waals surface area contributed by atoms with Gasteiger partial charge in [0.15, 0.2) is 0 Å². The van der Waals surface area contributed by atoms with Crippen molar-refractivity contribution in [3.05, 3.63) is 35.5 Å². The van der Waals surface area contributed by atoms with Gasteiger partial charge in [-0.25, -0.2) is 4.68 Å². The second kappa shape index (κ2) is 8.04. The molecule has 3 rings (SSSR count). The highest BCUT2D eigenvalue weighted by Crippen LogP contribution is 2.37. The summed E-state index contributed by atoms with van der Waals surface area (Å²) in [6.07, 6.45) is 0. The molecule has 1 atom stereocenters. The fourth-order valence-corrected chi connectivity index (χ4v) is 3.77. The largest absolute Gasteiger partial charge is 0.495 e. The third-order valence-electron chi connectivity index (χ3n) is 4.38. The summed E-state index contributed by atoms with van der Waals surface area (Å²) < 4.78 is 7.17. The van der Waals surface area contributed by atoms with Gasteiger partial charge >= 0.3 is 0 Å². The minimum Gasteiger partial charge on any atom is -0.495 e. The van der Waals surface area contributed by atoms with Crippen LogP contribution in [-0.4, -0.2) is 33.5 Å². The first-order chi connectivity index (χ1) is 13.0. The van der Waals surface area contributed by atoms with E-state index in [0.29, 0.717) is 28.1 Å². The summed E-state index contributed by atoms with van der Waals surface area (Å²) in [5.41, 5.74) is 2.08. The number of benzene rings is 1. The van der Waals surface area contributed by atoms with Crippen LogP contribution >= 0.6 is 11.8 Å². The minimum atomic E-state index is -0.199. The molecule has 0 unspecified atom stereocenters. The van der Waals surface area contributed by atoms with E-state index in [-0.39, 0.29) is 17.9 Å². The van der Waals surface area contributed by atoms with Crippen LogP contribution in [0, 0.1) is 5.92 Å². The van der Waals surface area contributed by atoms with Crippen molar-refractivity contribution < 1.29 is 9.53 Å². The number of hydrogen-bond acceptors (Lipinski definition) is 6. The van der Waals surface area contributed by atoms with Gasteiger partial charge in [-0.2, -0.15) is 4.98 Å². The summed E-state index contributed by atoms with van der Waals surface area (Å²) in [5.74, 6) is 2.19. The van der Waals surface area contributed by atoms with Crippen molar-refractivity contribution in [2.75, 3.05) is 23.5 Å². The predicted molar refractivity (Wildman–Crippen MR) is 108 cm³/mol. The van der Waals surface area contributed by atoms with Gasteiger partial charge in [0.25, 0.3) is 5.91 Å². The van der Waals surface area contributed by atoms with Crippen LogP contribution in [0.4, 0.5) is 11.6 Å². The standard InChI is InChI=1S/C19H25N5O2S/c1-6-27-19-22-18-20-12(4)15(16(11(2)3)24(18)23-19)17(25)21-13-9-7-8-10-14(13)26-5/h7-11,16H,6H2,1-5H3,(H,21,25)(H,20,22,23)/t16-/m0/s1. The molecule has 1 amide bonds. The first-order valence-electron chi connectivity index (χ1n) is 8.97. The molecule has 2 aromatic rings. The highest BCUT2D eigenvalue weighted by molar-refractivity contribution is 7.99. The van der Waals surface area contributed by atoms with Crippen LogP contribution in [0.15, 0.2) is 40.7 Å². The summed E-state index contributed by atoms with van der Waals surface area (Å²) in [4.78, 5) is 17.7. The molecule has 7 nitrogen and oxygen atoms in total. The molecule has 0 saturated carbocycles. The van der Waals surface area contributed by atoms with Crippen molar-refractivity contribution in [3.63, 3.8) is 0 Å². The molecule has 1 aliphatic rings. The lowest BCUT2D eigenvalue weighted by Gasteiger charge is -2.30. The second-order valence-electron chi connectivity index (χ2n) is 6.60. The monoisotopic (exact) mass is 387 g/mol. The maximum atomic E-state index is 13.2. The van der Waals surface area contributed by atoms with Crippen LogP contribution < -0.4 is 15.4 Å². The number of carbonyl (C=O) groups excluding carboxylic acids is 1. The van der Waals surface area contributed by atoms with Crippen LogP contribution in [0.5, 0.6) is 5.75 Å². The first-order valence-corrected chi connectivity index (χ1v) is 9.96. The maximum absolute atomic E-state index is 13.2. The zero-order valence-electron chi connectivity index (χ0n) is 16.2. The topological polar surface area (TPSA) is 81.1 Å². The van der Waals surface area contributed by atoms with Crippen LogP contribution in [0.1, 0.15) is 33.7 Å². The van der Waals surface area contributed by atoms with Crippen LogP contribution in [0.25, 0.3) is 0 Å². The fraction of sp³-hybridized carbons (Fsp3) is 0.421. The van der Waals surface area contributed by atoms with Gasteiger partial charge in [0.05, 0.1) is 24.4 Å². The Morgan fingerprint density at radius 3 is 2.81 bits per heavy atom. The molecular formula is C19H25N5O2S. The number of anilines is 2. The summed E-state index contributed by atoms with van der Waals surface area (Å²) in [6, 6.07) is 7.17. The molecule has 0 bridgehead atoms. The Labute approximate surface area is 163 Å². The third kappa shape index (κ3) is 3.80. The van der Waals surface area contributed by atoms with E-state index in [0.717, 1.165) is 11.4 Å². The Kier molecular flexibility index (Phi) is 5.74. The Morgan fingerprint density at radius 2 is 2.15 bits per heavy atom. The van der Waals surface area contributed by atoms with Crippen molar-refractivity contribution in [3.8, 4) is 5.75 Å². The molecule has 2 N–H and O–H groups in total. The predicted octanol–water partition coefficient (Wildman–Crippen LogP) is 3.93. The molecule has 2 heterocycles. The van der Waals surface area contributed by atoms with Crippen molar-refractivity contribution in [1.29, 1.82) is 0 Å². The number of amides is 1. The molecule has 144 valence electrons. The molecule has 0 radical (unpaired) electrons. The van der Waals surface area contributed by atoms with Gasteiger partial charge in [-0.1, -0.05) is 44.7 Å². The molecule has 1 aliphatic heterocycles. The van der Waals surface area contributed by atoms with Crippen molar-refractivity contribution in [2.24, 2.45) is 5.92 Å². The van der Waals surface area contributed by atoms with Gasteiger partial charge in [0.1, 0.15) is 5.75 Å². The number of methoxy groups -OCH3 is 1. The molecule has 0 spiro atoms. The summed E-state index contributed by atoms with van der Waals surface area (Å²) in [5, 5.41) is 11.5. The van der Waals surface area contributed by atoms with E-state index in [9.17, 15) is 4.79 Å². The zero-order valence-corrected chi connectivity index (χ0v) is 17.1. The van der Waals surface area contributed by atoms with E-state index in [1.54, 1.807) is 18.9 Å². The van der Waals surface area contributed by atoms with Gasteiger partial charge < -0.3 is 15.4 Å². The van der Waals surface area contributed by atoms with Crippen molar-refractivity contribution >= 4 is 29.3 Å². The number of thioether (sulfide) groups is 1. The van der Waals surface area contributed by atoms with E-state index in [4.69, 9.17) is 4.74 Å². The highest BCUT2D eigenvalue weighted by Gasteiger charge is 2.35. The van der Waals surface area contributed by atoms with Gasteiger partial charge in [0, 0.05) is 5.70 Å². The Bertz CT molecular complexity index is 875. The molecule has 1 aromatic heterocycles. The minimum absolute atomic E-state index is 0.167. The third-order valence-corrected chi connectivity index (χ3v) is 5.10. The highest BCUT2D eigenvalue weighted by atomic mass is 32.2. The van der Waals surface area contributed by atoms with Crippen LogP contribution in [-0.2, 0) is 4.79 Å².